The third kappa shape index (κ3) is 13.1. The fourth-order valence-electron chi connectivity index (χ4n) is 1.61. The SMILES string of the molecule is CC(=O)O[C@H](C)C[N+](=O)[O-].C[C@H](C[N+](=O)[O-])OCc1ccccc1. The standard InChI is InChI=1S/C10H13NO3.C5H9NO4/c1-9(7-11(12)13)14-8-10-5-3-2-4-6-10;1-4(3-6(8)9)10-5(2)7/h2-6,9H,7-8H2,1H3;4H,3H2,1-2H3/t9-;4-/m11/s1. The van der Waals surface area contributed by atoms with Gasteiger partial charge in [-0.25, -0.2) is 0 Å². The van der Waals surface area contributed by atoms with Crippen molar-refractivity contribution in [3.63, 3.8) is 0 Å². The van der Waals surface area contributed by atoms with Crippen molar-refractivity contribution in [3.8, 4) is 0 Å². The van der Waals surface area contributed by atoms with Gasteiger partial charge in [-0.2, -0.15) is 0 Å². The molecule has 0 saturated heterocycles. The first kappa shape index (κ1) is 21.4. The van der Waals surface area contributed by atoms with E-state index >= 15 is 0 Å². The Bertz CT molecular complexity index is 506. The Morgan fingerprint density at radius 1 is 1.04 bits per heavy atom. The topological polar surface area (TPSA) is 122 Å². The molecule has 0 aliphatic rings. The van der Waals surface area contributed by atoms with Crippen LogP contribution in [0.5, 0.6) is 0 Å². The van der Waals surface area contributed by atoms with E-state index in [0.717, 1.165) is 5.56 Å². The number of ether oxygens (including phenoxy) is 2. The summed E-state index contributed by atoms with van der Waals surface area (Å²) in [6, 6.07) is 9.61. The molecule has 0 radical (unpaired) electrons. The number of rotatable bonds is 8. The second-order valence-corrected chi connectivity index (χ2v) is 5.06. The number of nitrogens with zero attached hydrogens (tertiary/aromatic N) is 2. The van der Waals surface area contributed by atoms with Gasteiger partial charge in [0.25, 0.3) is 0 Å². The first-order valence-electron chi connectivity index (χ1n) is 7.27. The molecule has 0 saturated carbocycles. The lowest BCUT2D eigenvalue weighted by Crippen LogP contribution is -2.21. The van der Waals surface area contributed by atoms with Gasteiger partial charge in [0.15, 0.2) is 6.10 Å². The Balaban J connectivity index is 0.000000470. The van der Waals surface area contributed by atoms with Gasteiger partial charge in [0.1, 0.15) is 6.10 Å². The van der Waals surface area contributed by atoms with Crippen molar-refractivity contribution in [3.05, 3.63) is 56.1 Å². The molecule has 1 aromatic rings. The van der Waals surface area contributed by atoms with E-state index in [2.05, 4.69) is 4.74 Å². The molecule has 0 spiro atoms. The largest absolute Gasteiger partial charge is 0.456 e. The zero-order valence-electron chi connectivity index (χ0n) is 13.9. The van der Waals surface area contributed by atoms with Crippen molar-refractivity contribution in [2.24, 2.45) is 0 Å². The van der Waals surface area contributed by atoms with Crippen LogP contribution in [0.3, 0.4) is 0 Å². The molecule has 0 aliphatic heterocycles. The molecule has 9 nitrogen and oxygen atoms in total. The van der Waals surface area contributed by atoms with Gasteiger partial charge in [-0.3, -0.25) is 25.0 Å². The fraction of sp³-hybridized carbons (Fsp3) is 0.533. The molecule has 1 aromatic carbocycles. The summed E-state index contributed by atoms with van der Waals surface area (Å²) in [5, 5.41) is 20.0. The second kappa shape index (κ2) is 11.9. The molecule has 9 heteroatoms. The van der Waals surface area contributed by atoms with Gasteiger partial charge in [-0.1, -0.05) is 30.3 Å². The minimum atomic E-state index is -0.632. The number of hydrogen-bond donors (Lipinski definition) is 0. The van der Waals surface area contributed by atoms with E-state index < -0.39 is 17.0 Å². The minimum absolute atomic E-state index is 0.146. The van der Waals surface area contributed by atoms with E-state index in [-0.39, 0.29) is 24.1 Å². The van der Waals surface area contributed by atoms with E-state index in [0.29, 0.717) is 6.61 Å². The van der Waals surface area contributed by atoms with Crippen molar-refractivity contribution in [2.75, 3.05) is 13.1 Å². The molecule has 0 N–H and O–H groups in total. The lowest BCUT2D eigenvalue weighted by Gasteiger charge is -2.08. The molecular formula is C15H22N2O7. The number of carbonyl (C=O) groups excluding carboxylic acids is 1. The molecule has 0 fully saturated rings. The van der Waals surface area contributed by atoms with E-state index in [1.807, 2.05) is 30.3 Å². The highest BCUT2D eigenvalue weighted by molar-refractivity contribution is 5.66. The predicted octanol–water partition coefficient (Wildman–Crippen LogP) is 2.08. The molecule has 2 atom stereocenters. The number of nitro groups is 2. The normalized spacial score (nSPS) is 12.3. The maximum atomic E-state index is 10.2. The Labute approximate surface area is 139 Å². The predicted molar refractivity (Wildman–Crippen MR) is 85.6 cm³/mol. The second-order valence-electron chi connectivity index (χ2n) is 5.06. The van der Waals surface area contributed by atoms with Crippen LogP contribution in [-0.2, 0) is 20.9 Å². The van der Waals surface area contributed by atoms with Crippen LogP contribution in [-0.4, -0.2) is 41.1 Å². The van der Waals surface area contributed by atoms with Gasteiger partial charge in [0.05, 0.1) is 6.61 Å². The van der Waals surface area contributed by atoms with Crippen LogP contribution in [0.4, 0.5) is 0 Å². The maximum Gasteiger partial charge on any atom is 0.303 e. The number of benzene rings is 1. The number of carbonyl (C=O) groups is 1. The van der Waals surface area contributed by atoms with E-state index in [9.17, 15) is 25.0 Å². The lowest BCUT2D eigenvalue weighted by molar-refractivity contribution is -0.491. The van der Waals surface area contributed by atoms with Crippen LogP contribution in [0.2, 0.25) is 0 Å². The van der Waals surface area contributed by atoms with Crippen LogP contribution in [0.1, 0.15) is 26.3 Å². The first-order valence-corrected chi connectivity index (χ1v) is 7.27. The summed E-state index contributed by atoms with van der Waals surface area (Å²) in [4.78, 5) is 29.3. The van der Waals surface area contributed by atoms with Crippen LogP contribution in [0.15, 0.2) is 30.3 Å². The minimum Gasteiger partial charge on any atom is -0.456 e. The molecule has 0 heterocycles. The van der Waals surface area contributed by atoms with Gasteiger partial charge in [0, 0.05) is 16.8 Å². The zero-order valence-corrected chi connectivity index (χ0v) is 13.9. The van der Waals surface area contributed by atoms with E-state index in [1.54, 1.807) is 6.92 Å². The van der Waals surface area contributed by atoms with Gasteiger partial charge >= 0.3 is 5.97 Å². The Kier molecular flexibility index (Phi) is 10.7. The molecule has 1 rings (SSSR count). The Morgan fingerprint density at radius 3 is 2.00 bits per heavy atom. The summed E-state index contributed by atoms with van der Waals surface area (Å²) >= 11 is 0. The van der Waals surface area contributed by atoms with Gasteiger partial charge in [-0.15, -0.1) is 0 Å². The van der Waals surface area contributed by atoms with Crippen molar-refractivity contribution in [1.29, 1.82) is 0 Å². The molecule has 0 bridgehead atoms. The highest BCUT2D eigenvalue weighted by Crippen LogP contribution is 2.03. The van der Waals surface area contributed by atoms with Crippen LogP contribution in [0.25, 0.3) is 0 Å². The summed E-state index contributed by atoms with van der Waals surface area (Å²) in [5.41, 5.74) is 1.03. The molecular weight excluding hydrogens is 320 g/mol. The average molecular weight is 342 g/mol. The molecule has 0 amide bonds. The summed E-state index contributed by atoms with van der Waals surface area (Å²) in [7, 11) is 0. The maximum absolute atomic E-state index is 10.2. The molecule has 0 aliphatic carbocycles. The fourth-order valence-corrected chi connectivity index (χ4v) is 1.61. The van der Waals surface area contributed by atoms with E-state index in [1.165, 1.54) is 13.8 Å². The highest BCUT2D eigenvalue weighted by Gasteiger charge is 2.11. The first-order chi connectivity index (χ1) is 11.2. The highest BCUT2D eigenvalue weighted by atomic mass is 16.6. The van der Waals surface area contributed by atoms with Crippen molar-refractivity contribution in [2.45, 2.75) is 39.6 Å². The summed E-state index contributed by atoms with van der Waals surface area (Å²) in [6.07, 6.45) is -0.974. The summed E-state index contributed by atoms with van der Waals surface area (Å²) < 4.78 is 9.78. The molecule has 24 heavy (non-hydrogen) atoms. The monoisotopic (exact) mass is 342 g/mol. The number of esters is 1. The third-order valence-corrected chi connectivity index (χ3v) is 2.56. The smallest absolute Gasteiger partial charge is 0.303 e. The average Bonchev–Trinajstić information content (AvgIpc) is 2.44. The van der Waals surface area contributed by atoms with E-state index in [4.69, 9.17) is 4.74 Å². The van der Waals surface area contributed by atoms with Crippen LogP contribution in [0, 0.1) is 20.2 Å². The van der Waals surface area contributed by atoms with Crippen molar-refractivity contribution in [1.82, 2.24) is 0 Å². The Hall–Kier alpha value is -2.55. The van der Waals surface area contributed by atoms with Gasteiger partial charge in [0.2, 0.25) is 13.1 Å². The van der Waals surface area contributed by atoms with Crippen LogP contribution >= 0.6 is 0 Å². The van der Waals surface area contributed by atoms with Gasteiger partial charge in [-0.05, 0) is 19.4 Å². The number of hydrogen-bond acceptors (Lipinski definition) is 7. The van der Waals surface area contributed by atoms with Gasteiger partial charge < -0.3 is 9.47 Å². The van der Waals surface area contributed by atoms with Crippen molar-refractivity contribution >= 4 is 5.97 Å². The Morgan fingerprint density at radius 2 is 1.54 bits per heavy atom. The van der Waals surface area contributed by atoms with Crippen LogP contribution < -0.4 is 0 Å². The zero-order chi connectivity index (χ0) is 18.5. The lowest BCUT2D eigenvalue weighted by atomic mass is 10.2. The van der Waals surface area contributed by atoms with Crippen molar-refractivity contribution < 1.29 is 24.1 Å². The third-order valence-electron chi connectivity index (χ3n) is 2.56. The summed E-state index contributed by atoms with van der Waals surface area (Å²) in [6.45, 7) is 4.34. The molecule has 134 valence electrons. The molecule has 0 aromatic heterocycles. The summed E-state index contributed by atoms with van der Waals surface area (Å²) in [5.74, 6) is -0.491. The quantitative estimate of drug-likeness (QED) is 0.402. The molecule has 0 unspecified atom stereocenters.